The van der Waals surface area contributed by atoms with Crippen LogP contribution in [-0.4, -0.2) is 243 Å². The fourth-order valence-electron chi connectivity index (χ4n) is 8.13. The molecule has 11 N–H and O–H groups in total. The van der Waals surface area contributed by atoms with Crippen molar-refractivity contribution in [3.05, 3.63) is 0 Å². The number of aliphatic hydroxyl groups excluding tert-OH is 11. The Balaban J connectivity index is 0.923. The van der Waals surface area contributed by atoms with Crippen molar-refractivity contribution in [2.45, 2.75) is 154 Å². The molecule has 8 fully saturated rings. The second-order valence-electron chi connectivity index (χ2n) is 14.3. The van der Waals surface area contributed by atoms with Gasteiger partial charge in [0.25, 0.3) is 0 Å². The SMILES string of the molecule is OC[C@H]1O[C@@H](O[C@H]2[C@H]3OC[C@@H]2O[C@@H](O[C@H]2[C@@H](O)[C@@H](CO)O[C@@H](O[C@H]4[C@H]5OC[C@@H]4O[C@@H](O)[C@H]5O)[C@@H]2O)[C@H]3O)[C@H](O)[C@@H](O[C@@H]2O[C@H]3CO[C@@H]([C@@H]2O)[C@@H]3O)[C@H]1O. The molecule has 6 bridgehead atoms. The van der Waals surface area contributed by atoms with Crippen molar-refractivity contribution in [1.82, 2.24) is 0 Å². The molecule has 0 unspecified atom stereocenters. The number of fused-ring (bicyclic) bond motifs is 6. The molecular formula is C30H46O23. The minimum Gasteiger partial charge on any atom is -0.394 e. The normalized spacial score (nSPS) is 57.9. The van der Waals surface area contributed by atoms with E-state index >= 15 is 0 Å². The Kier molecular flexibility index (Phi) is 11.3. The lowest BCUT2D eigenvalue weighted by Gasteiger charge is -2.47. The maximum absolute atomic E-state index is 11.3. The van der Waals surface area contributed by atoms with Crippen molar-refractivity contribution in [2.24, 2.45) is 0 Å². The molecular weight excluding hydrogens is 728 g/mol. The van der Waals surface area contributed by atoms with Crippen molar-refractivity contribution in [2.75, 3.05) is 33.0 Å². The molecule has 0 aromatic rings. The van der Waals surface area contributed by atoms with Crippen LogP contribution in [0, 0.1) is 0 Å². The molecule has 0 amide bonds. The molecule has 8 heterocycles. The third kappa shape index (κ3) is 6.84. The molecule has 0 radical (unpaired) electrons. The Morgan fingerprint density at radius 1 is 0.377 bits per heavy atom. The maximum atomic E-state index is 11.3. The quantitative estimate of drug-likeness (QED) is 0.0981. The van der Waals surface area contributed by atoms with Crippen molar-refractivity contribution >= 4 is 0 Å². The first kappa shape index (κ1) is 38.9. The Labute approximate surface area is 299 Å². The molecule has 53 heavy (non-hydrogen) atoms. The van der Waals surface area contributed by atoms with Crippen molar-refractivity contribution in [3.63, 3.8) is 0 Å². The van der Waals surface area contributed by atoms with E-state index in [1.807, 2.05) is 0 Å². The number of hydrogen-bond acceptors (Lipinski definition) is 23. The van der Waals surface area contributed by atoms with Crippen LogP contribution in [0.5, 0.6) is 0 Å². The second-order valence-corrected chi connectivity index (χ2v) is 14.3. The third-order valence-electron chi connectivity index (χ3n) is 11.1. The standard InChI is InChI=1S/C30H46O23/c31-1-6-11(33)22(52-27-15(37)21-13(35)8(48-27)3-42-21)16(38)29(47-6)51-20-10-5-44-25(20)18(40)30(49-10)53-23-12(34)7(2-32)46-28(17(23)39)50-19-9-4-43-24(19)14(36)26(41)45-9/h6-41H,1-5H2/t6-,7-,8+,9+,10+,11+,12+,13-,14+,15+,16-,17-,18+,19-,20-,21-,22+,23+,24+,25+,26-,27+,28+,29+,30+/m1/s1. The molecule has 0 aromatic heterocycles. The highest BCUT2D eigenvalue weighted by Crippen LogP contribution is 2.39. The molecule has 0 aromatic carbocycles. The average molecular weight is 775 g/mol. The van der Waals surface area contributed by atoms with Crippen LogP contribution in [0.3, 0.4) is 0 Å². The zero-order valence-electron chi connectivity index (χ0n) is 27.8. The Hall–Kier alpha value is -0.920. The summed E-state index contributed by atoms with van der Waals surface area (Å²) in [7, 11) is 0. The molecule has 304 valence electrons. The van der Waals surface area contributed by atoms with Gasteiger partial charge in [-0.05, 0) is 0 Å². The van der Waals surface area contributed by atoms with Crippen LogP contribution in [0.1, 0.15) is 0 Å². The Morgan fingerprint density at radius 2 is 0.774 bits per heavy atom. The second kappa shape index (κ2) is 15.4. The molecule has 8 rings (SSSR count). The summed E-state index contributed by atoms with van der Waals surface area (Å²) in [5, 5.41) is 117. The molecule has 23 heteroatoms. The van der Waals surface area contributed by atoms with Gasteiger partial charge in [-0.3, -0.25) is 0 Å². The minimum atomic E-state index is -1.76. The van der Waals surface area contributed by atoms with E-state index in [0.29, 0.717) is 0 Å². The van der Waals surface area contributed by atoms with Crippen LogP contribution in [0.25, 0.3) is 0 Å². The first-order chi connectivity index (χ1) is 25.4. The average Bonchev–Trinajstić information content (AvgIpc) is 3.73. The van der Waals surface area contributed by atoms with Gasteiger partial charge < -0.3 is 113 Å². The highest BCUT2D eigenvalue weighted by atomic mass is 16.8. The van der Waals surface area contributed by atoms with E-state index in [-0.39, 0.29) is 19.8 Å². The van der Waals surface area contributed by atoms with Crippen LogP contribution in [-0.2, 0) is 56.8 Å². The lowest BCUT2D eigenvalue weighted by molar-refractivity contribution is -0.377. The largest absolute Gasteiger partial charge is 0.394 e. The first-order valence-corrected chi connectivity index (χ1v) is 17.5. The lowest BCUT2D eigenvalue weighted by atomic mass is 9.96. The summed E-state index contributed by atoms with van der Waals surface area (Å²) < 4.78 is 68.2. The van der Waals surface area contributed by atoms with Crippen LogP contribution >= 0.6 is 0 Å². The summed E-state index contributed by atoms with van der Waals surface area (Å²) in [6, 6.07) is 0. The van der Waals surface area contributed by atoms with Gasteiger partial charge in [-0.2, -0.15) is 0 Å². The monoisotopic (exact) mass is 774 g/mol. The number of rotatable bonds is 10. The molecule has 25 atom stereocenters. The molecule has 8 aliphatic heterocycles. The summed E-state index contributed by atoms with van der Waals surface area (Å²) >= 11 is 0. The lowest BCUT2D eigenvalue weighted by Crippen LogP contribution is -2.66. The van der Waals surface area contributed by atoms with Crippen LogP contribution in [0.4, 0.5) is 0 Å². The zero-order valence-corrected chi connectivity index (χ0v) is 27.8. The molecule has 0 aliphatic carbocycles. The van der Waals surface area contributed by atoms with E-state index in [2.05, 4.69) is 0 Å². The van der Waals surface area contributed by atoms with Gasteiger partial charge in [-0.25, -0.2) is 0 Å². The molecule has 23 nitrogen and oxygen atoms in total. The van der Waals surface area contributed by atoms with Gasteiger partial charge in [-0.1, -0.05) is 0 Å². The van der Waals surface area contributed by atoms with Gasteiger partial charge >= 0.3 is 0 Å². The molecule has 8 aliphatic rings. The van der Waals surface area contributed by atoms with Gasteiger partial charge in [0.15, 0.2) is 31.5 Å². The van der Waals surface area contributed by atoms with Crippen LogP contribution in [0.2, 0.25) is 0 Å². The minimum absolute atomic E-state index is 0.0180. The molecule has 0 saturated carbocycles. The van der Waals surface area contributed by atoms with Gasteiger partial charge in [-0.15, -0.1) is 0 Å². The zero-order chi connectivity index (χ0) is 37.5. The summed E-state index contributed by atoms with van der Waals surface area (Å²) in [5.74, 6) is 0. The summed E-state index contributed by atoms with van der Waals surface area (Å²) in [6.45, 7) is -1.69. The molecule has 8 saturated heterocycles. The first-order valence-electron chi connectivity index (χ1n) is 17.5. The highest BCUT2D eigenvalue weighted by molar-refractivity contribution is 5.02. The summed E-state index contributed by atoms with van der Waals surface area (Å²) in [6.07, 6.45) is -34.2. The topological polar surface area (TPSA) is 333 Å². The van der Waals surface area contributed by atoms with E-state index < -0.39 is 167 Å². The van der Waals surface area contributed by atoms with E-state index in [0.717, 1.165) is 0 Å². The fourth-order valence-corrected chi connectivity index (χ4v) is 8.13. The van der Waals surface area contributed by atoms with Crippen molar-refractivity contribution in [1.29, 1.82) is 0 Å². The highest BCUT2D eigenvalue weighted by Gasteiger charge is 2.60. The van der Waals surface area contributed by atoms with E-state index in [1.165, 1.54) is 0 Å². The van der Waals surface area contributed by atoms with Crippen molar-refractivity contribution < 1.29 is 113 Å². The number of aliphatic hydroxyl groups is 11. The van der Waals surface area contributed by atoms with E-state index in [4.69, 9.17) is 56.8 Å². The van der Waals surface area contributed by atoms with Gasteiger partial charge in [0.1, 0.15) is 122 Å². The summed E-state index contributed by atoms with van der Waals surface area (Å²) in [4.78, 5) is 0. The predicted molar refractivity (Wildman–Crippen MR) is 156 cm³/mol. The van der Waals surface area contributed by atoms with E-state index in [1.54, 1.807) is 0 Å². The van der Waals surface area contributed by atoms with Gasteiger partial charge in [0, 0.05) is 0 Å². The molecule has 0 spiro atoms. The predicted octanol–water partition coefficient (Wildman–Crippen LogP) is -8.79. The van der Waals surface area contributed by atoms with E-state index in [9.17, 15) is 56.2 Å². The van der Waals surface area contributed by atoms with Crippen molar-refractivity contribution in [3.8, 4) is 0 Å². The van der Waals surface area contributed by atoms with Gasteiger partial charge in [0.2, 0.25) is 0 Å². The fraction of sp³-hybridized carbons (Fsp3) is 1.00. The maximum Gasteiger partial charge on any atom is 0.187 e. The third-order valence-corrected chi connectivity index (χ3v) is 11.1. The smallest absolute Gasteiger partial charge is 0.187 e. The Bertz CT molecular complexity index is 1250. The van der Waals surface area contributed by atoms with Gasteiger partial charge in [0.05, 0.1) is 33.0 Å². The summed E-state index contributed by atoms with van der Waals surface area (Å²) in [5.41, 5.74) is 0. The van der Waals surface area contributed by atoms with Crippen LogP contribution in [0.15, 0.2) is 0 Å². The number of ether oxygens (including phenoxy) is 12. The number of hydrogen-bond donors (Lipinski definition) is 11. The van der Waals surface area contributed by atoms with Crippen LogP contribution < -0.4 is 0 Å². The Morgan fingerprint density at radius 3 is 1.30 bits per heavy atom.